The van der Waals surface area contributed by atoms with Crippen LogP contribution in [0.3, 0.4) is 0 Å². The molecule has 0 radical (unpaired) electrons. The minimum absolute atomic E-state index is 0.288. The number of aliphatic carboxylic acids is 1. The highest BCUT2D eigenvalue weighted by Gasteiger charge is 2.20. The van der Waals surface area contributed by atoms with Gasteiger partial charge in [0.05, 0.1) is 6.61 Å². The molecular weight excluding hydrogens is 256 g/mol. The number of aliphatic hydroxyl groups is 1. The molecule has 1 rings (SSSR count). The van der Waals surface area contributed by atoms with E-state index in [0.717, 1.165) is 18.4 Å². The lowest BCUT2D eigenvalue weighted by Crippen LogP contribution is -2.12. The molecule has 4 nitrogen and oxygen atoms in total. The molecular formula is C13H17ClO4. The molecule has 100 valence electrons. The number of aliphatic hydroxyl groups excluding tert-OH is 1. The maximum Gasteiger partial charge on any atom is 0.337 e. The van der Waals surface area contributed by atoms with E-state index in [2.05, 4.69) is 0 Å². The predicted molar refractivity (Wildman–Crippen MR) is 69.2 cm³/mol. The zero-order valence-corrected chi connectivity index (χ0v) is 11.0. The SMILES string of the molecule is CCOc1ccc(CCCCl)cc1C(O)C(=O)O. The van der Waals surface area contributed by atoms with Crippen LogP contribution in [0.15, 0.2) is 18.2 Å². The monoisotopic (exact) mass is 272 g/mol. The van der Waals surface area contributed by atoms with E-state index in [1.54, 1.807) is 19.1 Å². The second-order valence-electron chi connectivity index (χ2n) is 3.84. The van der Waals surface area contributed by atoms with Crippen molar-refractivity contribution >= 4 is 17.6 Å². The Bertz CT molecular complexity index is 406. The van der Waals surface area contributed by atoms with Gasteiger partial charge >= 0.3 is 5.97 Å². The van der Waals surface area contributed by atoms with Crippen molar-refractivity contribution < 1.29 is 19.7 Å². The fraction of sp³-hybridized carbons (Fsp3) is 0.462. The van der Waals surface area contributed by atoms with E-state index in [1.165, 1.54) is 0 Å². The minimum atomic E-state index is -1.57. The van der Waals surface area contributed by atoms with Crippen molar-refractivity contribution in [1.29, 1.82) is 0 Å². The summed E-state index contributed by atoms with van der Waals surface area (Å²) in [6.45, 7) is 2.22. The van der Waals surface area contributed by atoms with Gasteiger partial charge in [0.1, 0.15) is 5.75 Å². The average molecular weight is 273 g/mol. The number of halogens is 1. The summed E-state index contributed by atoms with van der Waals surface area (Å²) in [7, 11) is 0. The molecule has 0 aliphatic heterocycles. The Morgan fingerprint density at radius 1 is 1.50 bits per heavy atom. The molecule has 0 saturated carbocycles. The van der Waals surface area contributed by atoms with E-state index < -0.39 is 12.1 Å². The number of alkyl halides is 1. The number of rotatable bonds is 7. The normalized spacial score (nSPS) is 12.2. The fourth-order valence-corrected chi connectivity index (χ4v) is 1.79. The van der Waals surface area contributed by atoms with E-state index in [0.29, 0.717) is 18.2 Å². The first kappa shape index (κ1) is 14.8. The lowest BCUT2D eigenvalue weighted by molar-refractivity contribution is -0.147. The Morgan fingerprint density at radius 2 is 2.22 bits per heavy atom. The van der Waals surface area contributed by atoms with Crippen LogP contribution in [0.1, 0.15) is 30.6 Å². The molecule has 0 heterocycles. The number of hydrogen-bond donors (Lipinski definition) is 2. The molecule has 0 aliphatic rings. The second kappa shape index (κ2) is 7.24. The lowest BCUT2D eigenvalue weighted by atomic mass is 10.0. The Morgan fingerprint density at radius 3 is 2.78 bits per heavy atom. The van der Waals surface area contributed by atoms with Crippen molar-refractivity contribution in [2.45, 2.75) is 25.9 Å². The molecule has 1 aromatic rings. The molecule has 2 N–H and O–H groups in total. The van der Waals surface area contributed by atoms with Gasteiger partial charge in [0.25, 0.3) is 0 Å². The highest BCUT2D eigenvalue weighted by Crippen LogP contribution is 2.27. The summed E-state index contributed by atoms with van der Waals surface area (Å²) in [5, 5.41) is 18.5. The second-order valence-corrected chi connectivity index (χ2v) is 4.22. The number of hydrogen-bond acceptors (Lipinski definition) is 3. The molecule has 0 fully saturated rings. The van der Waals surface area contributed by atoms with Crippen LogP contribution >= 0.6 is 11.6 Å². The van der Waals surface area contributed by atoms with Gasteiger partial charge in [-0.2, -0.15) is 0 Å². The standard InChI is InChI=1S/C13H17ClO4/c1-2-18-11-6-5-9(4-3-7-14)8-10(11)12(15)13(16)17/h5-6,8,12,15H,2-4,7H2,1H3,(H,16,17). The van der Waals surface area contributed by atoms with Crippen LogP contribution in [-0.2, 0) is 11.2 Å². The summed E-state index contributed by atoms with van der Waals surface area (Å²) in [6, 6.07) is 5.21. The van der Waals surface area contributed by atoms with Crippen molar-refractivity contribution in [2.24, 2.45) is 0 Å². The van der Waals surface area contributed by atoms with E-state index in [9.17, 15) is 9.90 Å². The number of aryl methyl sites for hydroxylation is 1. The zero-order chi connectivity index (χ0) is 13.5. The number of benzene rings is 1. The fourth-order valence-electron chi connectivity index (χ4n) is 1.66. The van der Waals surface area contributed by atoms with Gasteiger partial charge in [-0.1, -0.05) is 6.07 Å². The smallest absolute Gasteiger partial charge is 0.337 e. The first-order valence-corrected chi connectivity index (χ1v) is 6.36. The van der Waals surface area contributed by atoms with E-state index in [-0.39, 0.29) is 5.56 Å². The molecule has 0 amide bonds. The van der Waals surface area contributed by atoms with Gasteiger partial charge in [-0.15, -0.1) is 11.6 Å². The summed E-state index contributed by atoms with van der Waals surface area (Å²) in [5.74, 6) is -0.336. The average Bonchev–Trinajstić information content (AvgIpc) is 2.36. The van der Waals surface area contributed by atoms with Gasteiger partial charge in [-0.25, -0.2) is 4.79 Å². The van der Waals surface area contributed by atoms with E-state index >= 15 is 0 Å². The third-order valence-corrected chi connectivity index (χ3v) is 2.77. The molecule has 1 unspecified atom stereocenters. The summed E-state index contributed by atoms with van der Waals surface area (Å²) < 4.78 is 5.32. The molecule has 0 bridgehead atoms. The van der Waals surface area contributed by atoms with Gasteiger partial charge in [0.2, 0.25) is 0 Å². The molecule has 0 saturated heterocycles. The Hall–Kier alpha value is -1.26. The van der Waals surface area contributed by atoms with E-state index in [4.69, 9.17) is 21.4 Å². The van der Waals surface area contributed by atoms with Crippen molar-refractivity contribution in [1.82, 2.24) is 0 Å². The molecule has 1 atom stereocenters. The van der Waals surface area contributed by atoms with Crippen LogP contribution in [0.25, 0.3) is 0 Å². The predicted octanol–water partition coefficient (Wildman–Crippen LogP) is 2.37. The molecule has 0 aliphatic carbocycles. The van der Waals surface area contributed by atoms with Crippen molar-refractivity contribution in [3.63, 3.8) is 0 Å². The number of carboxylic acid groups (broad SMARTS) is 1. The number of carboxylic acids is 1. The molecule has 0 aromatic heterocycles. The van der Waals surface area contributed by atoms with Gasteiger partial charge in [-0.3, -0.25) is 0 Å². The lowest BCUT2D eigenvalue weighted by Gasteiger charge is -2.14. The molecule has 1 aromatic carbocycles. The van der Waals surface area contributed by atoms with Gasteiger partial charge < -0.3 is 14.9 Å². The molecule has 18 heavy (non-hydrogen) atoms. The highest BCUT2D eigenvalue weighted by molar-refractivity contribution is 6.17. The first-order chi connectivity index (χ1) is 8.60. The maximum atomic E-state index is 10.9. The molecule has 0 spiro atoms. The minimum Gasteiger partial charge on any atom is -0.493 e. The van der Waals surface area contributed by atoms with Crippen molar-refractivity contribution in [3.05, 3.63) is 29.3 Å². The van der Waals surface area contributed by atoms with E-state index in [1.807, 2.05) is 6.07 Å². The van der Waals surface area contributed by atoms with Gasteiger partial charge in [-0.05, 0) is 37.5 Å². The van der Waals surface area contributed by atoms with Crippen LogP contribution in [0.5, 0.6) is 5.75 Å². The third-order valence-electron chi connectivity index (χ3n) is 2.50. The zero-order valence-electron chi connectivity index (χ0n) is 10.2. The van der Waals surface area contributed by atoms with Crippen LogP contribution < -0.4 is 4.74 Å². The molecule has 5 heteroatoms. The van der Waals surface area contributed by atoms with Crippen LogP contribution in [0, 0.1) is 0 Å². The Labute approximate surface area is 111 Å². The summed E-state index contributed by atoms with van der Waals surface area (Å²) in [4.78, 5) is 10.9. The third kappa shape index (κ3) is 3.89. The largest absolute Gasteiger partial charge is 0.493 e. The van der Waals surface area contributed by atoms with Gasteiger partial charge in [0, 0.05) is 11.4 Å². The Balaban J connectivity index is 3.02. The first-order valence-electron chi connectivity index (χ1n) is 5.82. The van der Waals surface area contributed by atoms with Gasteiger partial charge in [0.15, 0.2) is 6.10 Å². The summed E-state index contributed by atoms with van der Waals surface area (Å²) in [5.41, 5.74) is 1.23. The van der Waals surface area contributed by atoms with Crippen LogP contribution in [0.4, 0.5) is 0 Å². The topological polar surface area (TPSA) is 66.8 Å². The summed E-state index contributed by atoms with van der Waals surface area (Å²) in [6.07, 6.45) is -0.0181. The van der Waals surface area contributed by atoms with Crippen molar-refractivity contribution in [3.8, 4) is 5.75 Å². The van der Waals surface area contributed by atoms with Crippen LogP contribution in [-0.4, -0.2) is 28.7 Å². The Kier molecular flexibility index (Phi) is 5.95. The van der Waals surface area contributed by atoms with Crippen molar-refractivity contribution in [2.75, 3.05) is 12.5 Å². The summed E-state index contributed by atoms with van der Waals surface area (Å²) >= 11 is 5.62. The number of ether oxygens (including phenoxy) is 1. The number of carbonyl (C=O) groups is 1. The maximum absolute atomic E-state index is 10.9. The van der Waals surface area contributed by atoms with Crippen LogP contribution in [0.2, 0.25) is 0 Å². The quantitative estimate of drug-likeness (QED) is 0.748. The highest BCUT2D eigenvalue weighted by atomic mass is 35.5.